The fourth-order valence-corrected chi connectivity index (χ4v) is 5.34. The number of carbonyl (C=O) groups excluding carboxylic acids is 1. The molecule has 152 valence electrons. The highest BCUT2D eigenvalue weighted by Gasteiger charge is 2.46. The van der Waals surface area contributed by atoms with Gasteiger partial charge in [-0.2, -0.15) is 0 Å². The van der Waals surface area contributed by atoms with E-state index in [9.17, 15) is 18.3 Å². The van der Waals surface area contributed by atoms with Crippen molar-refractivity contribution in [2.75, 3.05) is 0 Å². The maximum atomic E-state index is 13.4. The van der Waals surface area contributed by atoms with Gasteiger partial charge in [0.15, 0.2) is 5.76 Å². The molecule has 0 aromatic heterocycles. The molecule has 1 amide bonds. The van der Waals surface area contributed by atoms with E-state index in [1.54, 1.807) is 72.8 Å². The second-order valence-corrected chi connectivity index (χ2v) is 9.26. The molecule has 3 aromatic carbocycles. The zero-order chi connectivity index (χ0) is 21.3. The van der Waals surface area contributed by atoms with Gasteiger partial charge in [-0.1, -0.05) is 72.3 Å². The summed E-state index contributed by atoms with van der Waals surface area (Å²) < 4.78 is 26.8. The number of hydrogen-bond acceptors (Lipinski definition) is 4. The van der Waals surface area contributed by atoms with Crippen molar-refractivity contribution in [1.29, 1.82) is 0 Å². The number of sulfone groups is 1. The normalized spacial score (nSPS) is 16.9. The summed E-state index contributed by atoms with van der Waals surface area (Å²) in [6.45, 7) is 0.118. The summed E-state index contributed by atoms with van der Waals surface area (Å²) in [5.41, 5.74) is 1.36. The van der Waals surface area contributed by atoms with Crippen LogP contribution in [-0.4, -0.2) is 24.3 Å². The molecule has 3 aromatic rings. The van der Waals surface area contributed by atoms with Crippen LogP contribution in [-0.2, 0) is 21.2 Å². The lowest BCUT2D eigenvalue weighted by Crippen LogP contribution is -2.30. The quantitative estimate of drug-likeness (QED) is 0.627. The first-order valence-electron chi connectivity index (χ1n) is 9.23. The minimum absolute atomic E-state index is 0.0219. The lowest BCUT2D eigenvalue weighted by Gasteiger charge is -2.27. The van der Waals surface area contributed by atoms with E-state index < -0.39 is 27.5 Å². The molecule has 30 heavy (non-hydrogen) atoms. The van der Waals surface area contributed by atoms with Gasteiger partial charge in [0.05, 0.1) is 10.9 Å². The van der Waals surface area contributed by atoms with Gasteiger partial charge < -0.3 is 10.0 Å². The predicted octanol–water partition coefficient (Wildman–Crippen LogP) is 4.67. The molecule has 1 heterocycles. The number of aliphatic hydroxyl groups is 1. The van der Waals surface area contributed by atoms with Gasteiger partial charge in [0.1, 0.15) is 4.91 Å². The topological polar surface area (TPSA) is 74.7 Å². The van der Waals surface area contributed by atoms with Crippen molar-refractivity contribution >= 4 is 27.3 Å². The fourth-order valence-electron chi connectivity index (χ4n) is 3.55. The molecular formula is C23H18ClNO4S. The molecule has 1 aliphatic heterocycles. The van der Waals surface area contributed by atoms with E-state index in [-0.39, 0.29) is 16.3 Å². The third-order valence-electron chi connectivity index (χ3n) is 4.98. The highest BCUT2D eigenvalue weighted by molar-refractivity contribution is 7.95. The van der Waals surface area contributed by atoms with Gasteiger partial charge >= 0.3 is 0 Å². The highest BCUT2D eigenvalue weighted by Crippen LogP contribution is 2.43. The van der Waals surface area contributed by atoms with E-state index in [2.05, 4.69) is 0 Å². The van der Waals surface area contributed by atoms with Crippen molar-refractivity contribution in [3.8, 4) is 0 Å². The number of benzene rings is 3. The Morgan fingerprint density at radius 3 is 2.03 bits per heavy atom. The van der Waals surface area contributed by atoms with E-state index in [0.717, 1.165) is 5.56 Å². The molecule has 1 aliphatic rings. The molecule has 7 heteroatoms. The molecule has 0 spiro atoms. The molecule has 0 bridgehead atoms. The van der Waals surface area contributed by atoms with Crippen LogP contribution in [0.1, 0.15) is 17.2 Å². The first-order valence-corrected chi connectivity index (χ1v) is 11.1. The molecule has 0 fully saturated rings. The first-order chi connectivity index (χ1) is 14.4. The van der Waals surface area contributed by atoms with Crippen LogP contribution in [0.15, 0.2) is 100 Å². The zero-order valence-electron chi connectivity index (χ0n) is 15.8. The number of halogens is 1. The van der Waals surface area contributed by atoms with Crippen molar-refractivity contribution in [1.82, 2.24) is 4.90 Å². The van der Waals surface area contributed by atoms with E-state index in [4.69, 9.17) is 11.6 Å². The van der Waals surface area contributed by atoms with Crippen LogP contribution in [0, 0.1) is 0 Å². The second kappa shape index (κ2) is 7.97. The van der Waals surface area contributed by atoms with Crippen LogP contribution >= 0.6 is 11.6 Å². The van der Waals surface area contributed by atoms with Crippen LogP contribution in [0.25, 0.3) is 0 Å². The average Bonchev–Trinajstić information content (AvgIpc) is 3.02. The van der Waals surface area contributed by atoms with Crippen LogP contribution < -0.4 is 0 Å². The summed E-state index contributed by atoms with van der Waals surface area (Å²) in [6.07, 6.45) is 0. The maximum Gasteiger partial charge on any atom is 0.290 e. The molecule has 4 rings (SSSR count). The minimum Gasteiger partial charge on any atom is -0.502 e. The summed E-state index contributed by atoms with van der Waals surface area (Å²) in [6, 6.07) is 22.6. The number of amides is 1. The smallest absolute Gasteiger partial charge is 0.290 e. The SMILES string of the molecule is O=C1C(O)=C(S(=O)(=O)c2ccccc2)[C@@H](c2ccccc2)N1Cc1ccc(Cl)cc1. The minimum atomic E-state index is -4.10. The highest BCUT2D eigenvalue weighted by atomic mass is 35.5. The Kier molecular flexibility index (Phi) is 5.37. The second-order valence-electron chi connectivity index (χ2n) is 6.90. The molecule has 1 N–H and O–H groups in total. The summed E-state index contributed by atoms with van der Waals surface area (Å²) in [4.78, 5) is 14.1. The molecule has 0 aliphatic carbocycles. The van der Waals surface area contributed by atoms with Crippen molar-refractivity contribution in [3.05, 3.63) is 112 Å². The van der Waals surface area contributed by atoms with Gasteiger partial charge in [-0.15, -0.1) is 0 Å². The van der Waals surface area contributed by atoms with Gasteiger partial charge in [0.25, 0.3) is 5.91 Å². The largest absolute Gasteiger partial charge is 0.502 e. The lowest BCUT2D eigenvalue weighted by molar-refractivity contribution is -0.130. The first kappa shape index (κ1) is 20.2. The Morgan fingerprint density at radius 2 is 1.43 bits per heavy atom. The van der Waals surface area contributed by atoms with E-state index in [0.29, 0.717) is 10.6 Å². The van der Waals surface area contributed by atoms with Crippen molar-refractivity contribution in [2.24, 2.45) is 0 Å². The van der Waals surface area contributed by atoms with Gasteiger partial charge in [-0.3, -0.25) is 4.79 Å². The molecule has 0 saturated carbocycles. The number of hydrogen-bond donors (Lipinski definition) is 1. The van der Waals surface area contributed by atoms with E-state index in [1.165, 1.54) is 17.0 Å². The van der Waals surface area contributed by atoms with Gasteiger partial charge in [-0.25, -0.2) is 8.42 Å². The van der Waals surface area contributed by atoms with Crippen LogP contribution in [0.3, 0.4) is 0 Å². The summed E-state index contributed by atoms with van der Waals surface area (Å²) >= 11 is 5.95. The average molecular weight is 440 g/mol. The summed E-state index contributed by atoms with van der Waals surface area (Å²) in [5.74, 6) is -1.48. The monoisotopic (exact) mass is 439 g/mol. The van der Waals surface area contributed by atoms with Crippen LogP contribution in [0.2, 0.25) is 5.02 Å². The van der Waals surface area contributed by atoms with Crippen molar-refractivity contribution < 1.29 is 18.3 Å². The third kappa shape index (κ3) is 3.60. The predicted molar refractivity (Wildman–Crippen MR) is 114 cm³/mol. The van der Waals surface area contributed by atoms with E-state index in [1.807, 2.05) is 0 Å². The van der Waals surface area contributed by atoms with Gasteiger partial charge in [-0.05, 0) is 35.4 Å². The Morgan fingerprint density at radius 1 is 0.867 bits per heavy atom. The Balaban J connectivity index is 1.84. The molecule has 5 nitrogen and oxygen atoms in total. The van der Waals surface area contributed by atoms with Crippen molar-refractivity contribution in [3.63, 3.8) is 0 Å². The summed E-state index contributed by atoms with van der Waals surface area (Å²) in [5, 5.41) is 11.2. The Bertz CT molecular complexity index is 1210. The van der Waals surface area contributed by atoms with Gasteiger partial charge in [0, 0.05) is 11.6 Å². The Labute approximate surface area is 179 Å². The molecule has 0 unspecified atom stereocenters. The zero-order valence-corrected chi connectivity index (χ0v) is 17.3. The van der Waals surface area contributed by atoms with Crippen molar-refractivity contribution in [2.45, 2.75) is 17.5 Å². The Hall–Kier alpha value is -3.09. The fraction of sp³-hybridized carbons (Fsp3) is 0.0870. The lowest BCUT2D eigenvalue weighted by atomic mass is 10.1. The standard InChI is InChI=1S/C23H18ClNO4S/c24-18-13-11-16(12-14-18)15-25-20(17-7-3-1-4-8-17)22(21(26)23(25)27)30(28,29)19-9-5-2-6-10-19/h1-14,20,26H,15H2/t20-/m1/s1. The number of aliphatic hydroxyl groups excluding tert-OH is 1. The third-order valence-corrected chi connectivity index (χ3v) is 7.12. The van der Waals surface area contributed by atoms with Crippen LogP contribution in [0.4, 0.5) is 0 Å². The van der Waals surface area contributed by atoms with Gasteiger partial charge in [0.2, 0.25) is 9.84 Å². The molecule has 0 saturated heterocycles. The maximum absolute atomic E-state index is 13.4. The number of nitrogens with zero attached hydrogens (tertiary/aromatic N) is 1. The van der Waals surface area contributed by atoms with Crippen LogP contribution in [0.5, 0.6) is 0 Å². The number of carbonyl (C=O) groups is 1. The number of rotatable bonds is 5. The molecule has 0 radical (unpaired) electrons. The van der Waals surface area contributed by atoms with E-state index >= 15 is 0 Å². The molecule has 1 atom stereocenters. The summed E-state index contributed by atoms with van der Waals surface area (Å²) in [7, 11) is -4.10. The molecular weight excluding hydrogens is 422 g/mol.